The first-order valence-electron chi connectivity index (χ1n) is 9.97. The van der Waals surface area contributed by atoms with Crippen LogP contribution in [0.25, 0.3) is 10.2 Å². The van der Waals surface area contributed by atoms with Gasteiger partial charge in [0.2, 0.25) is 5.91 Å². The van der Waals surface area contributed by atoms with Crippen LogP contribution in [0.2, 0.25) is 0 Å². The number of benzene rings is 1. The molecule has 2 aromatic heterocycles. The number of aryl methyl sites for hydroxylation is 2. The number of anilines is 1. The Labute approximate surface area is 168 Å². The van der Waals surface area contributed by atoms with Gasteiger partial charge in [-0.2, -0.15) is 0 Å². The minimum absolute atomic E-state index is 0.0266. The fraction of sp³-hybridized carbons (Fsp3) is 0.409. The molecule has 1 atom stereocenters. The molecule has 1 amide bonds. The number of para-hydroxylation sites is 1. The number of hydrogen-bond donors (Lipinski definition) is 1. The van der Waals surface area contributed by atoms with Gasteiger partial charge in [-0.25, -0.2) is 4.98 Å². The van der Waals surface area contributed by atoms with E-state index < -0.39 is 0 Å². The summed E-state index contributed by atoms with van der Waals surface area (Å²) < 4.78 is 1.44. The summed E-state index contributed by atoms with van der Waals surface area (Å²) in [5.74, 6) is 0.151. The molecule has 1 N–H and O–H groups in total. The molecule has 0 saturated heterocycles. The number of nitrogens with zero attached hydrogens (tertiary/aromatic N) is 2. The van der Waals surface area contributed by atoms with Crippen LogP contribution in [-0.4, -0.2) is 15.5 Å². The van der Waals surface area contributed by atoms with Crippen LogP contribution in [0.4, 0.5) is 5.69 Å². The second-order valence-corrected chi connectivity index (χ2v) is 8.60. The van der Waals surface area contributed by atoms with Gasteiger partial charge in [0.25, 0.3) is 5.56 Å². The van der Waals surface area contributed by atoms with Crippen molar-refractivity contribution in [3.05, 3.63) is 57.0 Å². The average Bonchev–Trinajstić information content (AvgIpc) is 3.09. The average molecular weight is 396 g/mol. The van der Waals surface area contributed by atoms with E-state index in [-0.39, 0.29) is 18.0 Å². The van der Waals surface area contributed by atoms with Crippen LogP contribution >= 0.6 is 11.3 Å². The van der Waals surface area contributed by atoms with Gasteiger partial charge in [-0.3, -0.25) is 14.2 Å². The first-order valence-corrected chi connectivity index (χ1v) is 10.8. The van der Waals surface area contributed by atoms with Crippen molar-refractivity contribution in [3.8, 4) is 0 Å². The summed E-state index contributed by atoms with van der Waals surface area (Å²) in [5, 5.41) is 3.70. The van der Waals surface area contributed by atoms with E-state index in [1.807, 2.05) is 24.3 Å². The number of carbonyl (C=O) groups excluding carboxylic acids is 1. The highest BCUT2D eigenvalue weighted by molar-refractivity contribution is 7.18. The number of fused-ring (bicyclic) bond motifs is 3. The Bertz CT molecular complexity index is 1080. The minimum atomic E-state index is -0.205. The lowest BCUT2D eigenvalue weighted by Gasteiger charge is -2.16. The Morgan fingerprint density at radius 2 is 2.07 bits per heavy atom. The molecule has 1 aliphatic rings. The second-order valence-electron chi connectivity index (χ2n) is 7.51. The summed E-state index contributed by atoms with van der Waals surface area (Å²) in [6.07, 6.45) is 6.75. The molecule has 2 heterocycles. The third kappa shape index (κ3) is 3.49. The summed E-state index contributed by atoms with van der Waals surface area (Å²) in [7, 11) is 0. The predicted molar refractivity (Wildman–Crippen MR) is 114 cm³/mol. The second kappa shape index (κ2) is 7.87. The van der Waals surface area contributed by atoms with E-state index >= 15 is 0 Å². The molecule has 28 heavy (non-hydrogen) atoms. The first-order chi connectivity index (χ1) is 13.6. The summed E-state index contributed by atoms with van der Waals surface area (Å²) in [4.78, 5) is 32.2. The van der Waals surface area contributed by atoms with Crippen molar-refractivity contribution in [2.75, 3.05) is 5.32 Å². The smallest absolute Gasteiger partial charge is 0.262 e. The van der Waals surface area contributed by atoms with Gasteiger partial charge in [-0.05, 0) is 55.2 Å². The summed E-state index contributed by atoms with van der Waals surface area (Å²) >= 11 is 1.63. The lowest BCUT2D eigenvalue weighted by molar-refractivity contribution is -0.116. The van der Waals surface area contributed by atoms with Crippen LogP contribution in [0.1, 0.15) is 55.0 Å². The highest BCUT2D eigenvalue weighted by Gasteiger charge is 2.20. The minimum Gasteiger partial charge on any atom is -0.324 e. The molecule has 1 aromatic carbocycles. The number of carbonyl (C=O) groups is 1. The highest BCUT2D eigenvalue weighted by Crippen LogP contribution is 2.33. The lowest BCUT2D eigenvalue weighted by atomic mass is 9.97. The van der Waals surface area contributed by atoms with Gasteiger partial charge < -0.3 is 5.32 Å². The van der Waals surface area contributed by atoms with Crippen molar-refractivity contribution in [2.45, 2.75) is 58.4 Å². The van der Waals surface area contributed by atoms with Crippen molar-refractivity contribution in [2.24, 2.45) is 0 Å². The van der Waals surface area contributed by atoms with Crippen LogP contribution < -0.4 is 10.9 Å². The van der Waals surface area contributed by atoms with Gasteiger partial charge >= 0.3 is 0 Å². The van der Waals surface area contributed by atoms with Crippen molar-refractivity contribution >= 4 is 33.1 Å². The van der Waals surface area contributed by atoms with E-state index in [1.165, 1.54) is 22.2 Å². The quantitative estimate of drug-likeness (QED) is 0.692. The third-order valence-electron chi connectivity index (χ3n) is 5.63. The Morgan fingerprint density at radius 1 is 1.29 bits per heavy atom. The van der Waals surface area contributed by atoms with Crippen molar-refractivity contribution in [1.82, 2.24) is 9.55 Å². The molecule has 3 aromatic rings. The Morgan fingerprint density at radius 3 is 2.89 bits per heavy atom. The zero-order valence-electron chi connectivity index (χ0n) is 16.3. The molecular weight excluding hydrogens is 370 g/mol. The van der Waals surface area contributed by atoms with Crippen molar-refractivity contribution < 1.29 is 4.79 Å². The van der Waals surface area contributed by atoms with Gasteiger partial charge in [0.1, 0.15) is 11.4 Å². The van der Waals surface area contributed by atoms with Gasteiger partial charge in [-0.1, -0.05) is 32.0 Å². The maximum absolute atomic E-state index is 13.0. The lowest BCUT2D eigenvalue weighted by Crippen LogP contribution is -2.28. The normalized spacial score (nSPS) is 14.6. The van der Waals surface area contributed by atoms with Crippen LogP contribution in [0.5, 0.6) is 0 Å². The van der Waals surface area contributed by atoms with Crippen LogP contribution in [0, 0.1) is 0 Å². The fourth-order valence-electron chi connectivity index (χ4n) is 3.90. The first kappa shape index (κ1) is 18.9. The molecule has 6 heteroatoms. The fourth-order valence-corrected chi connectivity index (χ4v) is 5.12. The van der Waals surface area contributed by atoms with E-state index in [4.69, 9.17) is 0 Å². The van der Waals surface area contributed by atoms with Gasteiger partial charge in [0.05, 0.1) is 11.7 Å². The van der Waals surface area contributed by atoms with Crippen LogP contribution in [0.15, 0.2) is 35.4 Å². The summed E-state index contributed by atoms with van der Waals surface area (Å²) in [6.45, 7) is 4.25. The van der Waals surface area contributed by atoms with Gasteiger partial charge in [0.15, 0.2) is 0 Å². The zero-order chi connectivity index (χ0) is 19.7. The Balaban J connectivity index is 1.60. The highest BCUT2D eigenvalue weighted by atomic mass is 32.1. The molecule has 0 fully saturated rings. The molecule has 0 saturated carbocycles. The van der Waals surface area contributed by atoms with Crippen LogP contribution in [0.3, 0.4) is 0 Å². The molecule has 5 nitrogen and oxygen atoms in total. The van der Waals surface area contributed by atoms with Gasteiger partial charge in [0, 0.05) is 10.6 Å². The maximum Gasteiger partial charge on any atom is 0.262 e. The van der Waals surface area contributed by atoms with Gasteiger partial charge in [-0.15, -0.1) is 11.3 Å². The summed E-state index contributed by atoms with van der Waals surface area (Å²) in [5.41, 5.74) is 2.98. The molecule has 146 valence electrons. The van der Waals surface area contributed by atoms with Crippen molar-refractivity contribution in [1.29, 1.82) is 0 Å². The molecule has 0 radical (unpaired) electrons. The van der Waals surface area contributed by atoms with E-state index in [0.717, 1.165) is 52.7 Å². The number of rotatable bonds is 5. The molecule has 0 bridgehead atoms. The molecule has 0 spiro atoms. The SMILES string of the molecule is CC[C@@H](C)c1ccccc1NC(=O)Cn1cnc2sc3c(c2c1=O)CCCC3. The number of thiophene rings is 1. The summed E-state index contributed by atoms with van der Waals surface area (Å²) in [6, 6.07) is 7.86. The topological polar surface area (TPSA) is 64.0 Å². The van der Waals surface area contributed by atoms with E-state index in [1.54, 1.807) is 11.3 Å². The zero-order valence-corrected chi connectivity index (χ0v) is 17.1. The predicted octanol–water partition coefficient (Wildman–Crippen LogP) is 4.49. The maximum atomic E-state index is 13.0. The number of nitrogens with one attached hydrogen (secondary N) is 1. The third-order valence-corrected chi connectivity index (χ3v) is 6.83. The Kier molecular flexibility index (Phi) is 5.31. The van der Waals surface area contributed by atoms with E-state index in [2.05, 4.69) is 24.1 Å². The van der Waals surface area contributed by atoms with E-state index in [0.29, 0.717) is 5.92 Å². The molecule has 1 aliphatic carbocycles. The van der Waals surface area contributed by atoms with E-state index in [9.17, 15) is 9.59 Å². The Hall–Kier alpha value is -2.47. The number of amides is 1. The largest absolute Gasteiger partial charge is 0.324 e. The monoisotopic (exact) mass is 395 g/mol. The number of hydrogen-bond acceptors (Lipinski definition) is 4. The molecule has 4 rings (SSSR count). The molecule has 0 unspecified atom stereocenters. The standard InChI is InChI=1S/C22H25N3O2S/c1-3-14(2)15-8-4-6-10-17(15)24-19(26)12-25-13-23-21-20(22(25)27)16-9-5-7-11-18(16)28-21/h4,6,8,10,13-14H,3,5,7,9,11-12H2,1-2H3,(H,24,26)/t14-/m1/s1. The van der Waals surface area contributed by atoms with Crippen molar-refractivity contribution in [3.63, 3.8) is 0 Å². The van der Waals surface area contributed by atoms with Crippen LogP contribution in [-0.2, 0) is 24.2 Å². The molecular formula is C22H25N3O2S. The number of aromatic nitrogens is 2. The molecule has 0 aliphatic heterocycles.